The Bertz CT molecular complexity index is 1090. The third-order valence-electron chi connectivity index (χ3n) is 4.33. The van der Waals surface area contributed by atoms with Crippen LogP contribution in [0.25, 0.3) is 32.1 Å². The minimum absolute atomic E-state index is 0.0786. The third-order valence-corrected chi connectivity index (χ3v) is 5.53. The van der Waals surface area contributed by atoms with Gasteiger partial charge in [0, 0.05) is 37.3 Å². The van der Waals surface area contributed by atoms with E-state index in [4.69, 9.17) is 11.6 Å². The van der Waals surface area contributed by atoms with Gasteiger partial charge in [0.15, 0.2) is 0 Å². The largest absolute Gasteiger partial charge is 0.480 e. The number of hydrogen-bond donors (Lipinski definition) is 1. The first-order chi connectivity index (χ1) is 11.6. The lowest BCUT2D eigenvalue weighted by atomic mass is 10.0. The topological polar surface area (TPSA) is 42.2 Å². The Morgan fingerprint density at radius 1 is 1.21 bits per heavy atom. The molecule has 5 heteroatoms. The molecule has 0 bridgehead atoms. The number of carboxylic acids is 1. The van der Waals surface area contributed by atoms with Crippen LogP contribution in [0, 0.1) is 6.92 Å². The van der Waals surface area contributed by atoms with E-state index >= 15 is 0 Å². The Morgan fingerprint density at radius 2 is 2.00 bits per heavy atom. The summed E-state index contributed by atoms with van der Waals surface area (Å²) < 4.78 is 3.05. The van der Waals surface area contributed by atoms with E-state index in [1.165, 1.54) is 10.1 Å². The van der Waals surface area contributed by atoms with Crippen LogP contribution in [-0.4, -0.2) is 15.6 Å². The van der Waals surface area contributed by atoms with Crippen molar-refractivity contribution in [1.29, 1.82) is 0 Å². The molecule has 0 saturated heterocycles. The molecule has 3 nitrogen and oxygen atoms in total. The summed E-state index contributed by atoms with van der Waals surface area (Å²) in [5, 5.41) is 14.2. The molecule has 2 heterocycles. The second-order valence-corrected chi connectivity index (χ2v) is 7.09. The Balaban J connectivity index is 2.08. The Hall–Kier alpha value is -2.30. The van der Waals surface area contributed by atoms with Crippen molar-refractivity contribution >= 4 is 49.9 Å². The smallest absolute Gasteiger partial charge is 0.323 e. The number of carbonyl (C=O) groups is 1. The molecule has 0 atom stereocenters. The highest BCUT2D eigenvalue weighted by atomic mass is 35.5. The van der Waals surface area contributed by atoms with Gasteiger partial charge in [-0.3, -0.25) is 4.79 Å². The number of hydrogen-bond acceptors (Lipinski definition) is 2. The number of aromatic nitrogens is 1. The Morgan fingerprint density at radius 3 is 2.79 bits per heavy atom. The van der Waals surface area contributed by atoms with Crippen LogP contribution in [0.4, 0.5) is 0 Å². The molecule has 0 saturated carbocycles. The Labute approximate surface area is 147 Å². The lowest BCUT2D eigenvalue weighted by molar-refractivity contribution is -0.137. The highest BCUT2D eigenvalue weighted by molar-refractivity contribution is 7.17. The van der Waals surface area contributed by atoms with Gasteiger partial charge >= 0.3 is 5.97 Å². The first-order valence-corrected chi connectivity index (χ1v) is 8.79. The molecule has 0 spiro atoms. The van der Waals surface area contributed by atoms with Gasteiger partial charge in [0.1, 0.15) is 6.54 Å². The predicted molar refractivity (Wildman–Crippen MR) is 100 cm³/mol. The van der Waals surface area contributed by atoms with Gasteiger partial charge in [-0.25, -0.2) is 0 Å². The minimum atomic E-state index is -0.864. The summed E-state index contributed by atoms with van der Waals surface area (Å²) in [6.07, 6.45) is 0. The number of halogens is 1. The molecule has 0 aliphatic carbocycles. The van der Waals surface area contributed by atoms with E-state index in [-0.39, 0.29) is 6.54 Å². The minimum Gasteiger partial charge on any atom is -0.480 e. The van der Waals surface area contributed by atoms with Gasteiger partial charge in [0.05, 0.1) is 5.52 Å². The molecule has 0 unspecified atom stereocenters. The fourth-order valence-electron chi connectivity index (χ4n) is 3.30. The third kappa shape index (κ3) is 2.30. The lowest BCUT2D eigenvalue weighted by Gasteiger charge is -2.05. The molecular weight excluding hydrogens is 342 g/mol. The van der Waals surface area contributed by atoms with Crippen LogP contribution in [0.2, 0.25) is 5.02 Å². The molecule has 2 aromatic carbocycles. The van der Waals surface area contributed by atoms with Crippen LogP contribution in [0.15, 0.2) is 47.8 Å². The predicted octanol–water partition coefficient (Wildman–Crippen LogP) is 5.57. The summed E-state index contributed by atoms with van der Waals surface area (Å²) in [5.41, 5.74) is 4.02. The Kier molecular flexibility index (Phi) is 3.59. The molecule has 4 rings (SSSR count). The second-order valence-electron chi connectivity index (χ2n) is 5.75. The summed E-state index contributed by atoms with van der Waals surface area (Å²) in [6.45, 7) is 1.89. The first-order valence-electron chi connectivity index (χ1n) is 7.53. The lowest BCUT2D eigenvalue weighted by Crippen LogP contribution is -2.09. The van der Waals surface area contributed by atoms with Crippen LogP contribution < -0.4 is 0 Å². The van der Waals surface area contributed by atoms with Crippen molar-refractivity contribution in [2.45, 2.75) is 13.5 Å². The van der Waals surface area contributed by atoms with Gasteiger partial charge in [-0.15, -0.1) is 11.3 Å². The number of thiophene rings is 1. The van der Waals surface area contributed by atoms with Gasteiger partial charge in [-0.2, -0.15) is 0 Å². The summed E-state index contributed by atoms with van der Waals surface area (Å²) in [6, 6.07) is 13.9. The number of aliphatic carboxylic acids is 1. The van der Waals surface area contributed by atoms with E-state index < -0.39 is 5.97 Å². The van der Waals surface area contributed by atoms with Crippen LogP contribution in [0.3, 0.4) is 0 Å². The summed E-state index contributed by atoms with van der Waals surface area (Å²) >= 11 is 7.85. The maximum atomic E-state index is 11.3. The molecule has 0 aliphatic rings. The average Bonchev–Trinajstić information content (AvgIpc) is 3.07. The van der Waals surface area contributed by atoms with Gasteiger partial charge in [-0.1, -0.05) is 35.9 Å². The van der Waals surface area contributed by atoms with Crippen molar-refractivity contribution in [2.24, 2.45) is 0 Å². The standard InChI is InChI=1S/C19H14ClNO2S/c1-11-19(15-10-24-17-5-3-2-4-13(15)17)14-7-6-12(20)8-16(14)21(11)9-18(22)23/h2-8,10H,9H2,1H3,(H,22,23). The number of fused-ring (bicyclic) bond motifs is 2. The van der Waals surface area contributed by atoms with E-state index in [1.54, 1.807) is 11.3 Å². The fourth-order valence-corrected chi connectivity index (χ4v) is 4.42. The maximum absolute atomic E-state index is 11.3. The number of nitrogens with zero attached hydrogens (tertiary/aromatic N) is 1. The van der Waals surface area contributed by atoms with Crippen LogP contribution in [0.5, 0.6) is 0 Å². The molecule has 0 aliphatic heterocycles. The molecule has 120 valence electrons. The van der Waals surface area contributed by atoms with E-state index in [0.29, 0.717) is 5.02 Å². The van der Waals surface area contributed by atoms with Gasteiger partial charge in [0.2, 0.25) is 0 Å². The summed E-state index contributed by atoms with van der Waals surface area (Å²) in [7, 11) is 0. The first kappa shape index (κ1) is 15.2. The normalized spacial score (nSPS) is 11.4. The van der Waals surface area contributed by atoms with Crippen molar-refractivity contribution in [3.8, 4) is 11.1 Å². The van der Waals surface area contributed by atoms with Crippen molar-refractivity contribution < 1.29 is 9.90 Å². The molecule has 1 N–H and O–H groups in total. The molecule has 0 fully saturated rings. The van der Waals surface area contributed by atoms with Crippen molar-refractivity contribution in [1.82, 2.24) is 4.57 Å². The van der Waals surface area contributed by atoms with Crippen molar-refractivity contribution in [3.63, 3.8) is 0 Å². The zero-order valence-corrected chi connectivity index (χ0v) is 14.5. The highest BCUT2D eigenvalue weighted by Crippen LogP contribution is 2.41. The SMILES string of the molecule is Cc1c(-c2csc3ccccc23)c2ccc(Cl)cc2n1CC(=O)O. The highest BCUT2D eigenvalue weighted by Gasteiger charge is 2.19. The van der Waals surface area contributed by atoms with Gasteiger partial charge in [-0.05, 0) is 30.5 Å². The zero-order chi connectivity index (χ0) is 16.8. The molecule has 0 radical (unpaired) electrons. The van der Waals surface area contributed by atoms with E-state index in [9.17, 15) is 9.90 Å². The molecule has 0 amide bonds. The van der Waals surface area contributed by atoms with Crippen LogP contribution in [-0.2, 0) is 11.3 Å². The van der Waals surface area contributed by atoms with Gasteiger partial charge in [0.25, 0.3) is 0 Å². The van der Waals surface area contributed by atoms with Crippen LogP contribution in [0.1, 0.15) is 5.69 Å². The summed E-state index contributed by atoms with van der Waals surface area (Å²) in [4.78, 5) is 11.3. The second kappa shape index (κ2) is 5.65. The maximum Gasteiger partial charge on any atom is 0.323 e. The zero-order valence-electron chi connectivity index (χ0n) is 12.9. The fraction of sp³-hybridized carbons (Fsp3) is 0.105. The number of carboxylic acid groups (broad SMARTS) is 1. The summed E-state index contributed by atoms with van der Waals surface area (Å²) in [5.74, 6) is -0.864. The number of rotatable bonds is 3. The van der Waals surface area contributed by atoms with Gasteiger partial charge < -0.3 is 9.67 Å². The van der Waals surface area contributed by atoms with Crippen molar-refractivity contribution in [2.75, 3.05) is 0 Å². The monoisotopic (exact) mass is 355 g/mol. The average molecular weight is 356 g/mol. The van der Waals surface area contributed by atoms with E-state index in [0.717, 1.165) is 27.7 Å². The molecular formula is C19H14ClNO2S. The quantitative estimate of drug-likeness (QED) is 0.522. The molecule has 24 heavy (non-hydrogen) atoms. The van der Waals surface area contributed by atoms with Crippen LogP contribution >= 0.6 is 22.9 Å². The van der Waals surface area contributed by atoms with E-state index in [2.05, 4.69) is 17.5 Å². The van der Waals surface area contributed by atoms with E-state index in [1.807, 2.05) is 41.8 Å². The molecule has 4 aromatic rings. The van der Waals surface area contributed by atoms with Crippen molar-refractivity contribution in [3.05, 3.63) is 58.6 Å². The molecule has 2 aromatic heterocycles. The number of benzene rings is 2.